The standard InChI is InChI=1S/C14H19N3O2/c1-2-3-6-10(15)14(19)17-9-13(18)16-11-7-4-5-8-12(11)17/h4-5,7-8,10H,2-3,6,9,15H2,1H3,(H,16,18)/t10-/m0/s1. The highest BCUT2D eigenvalue weighted by molar-refractivity contribution is 6.11. The van der Waals surface area contributed by atoms with Gasteiger partial charge in [-0.25, -0.2) is 0 Å². The van der Waals surface area contributed by atoms with E-state index in [0.29, 0.717) is 12.1 Å². The van der Waals surface area contributed by atoms with Crippen molar-refractivity contribution < 1.29 is 9.59 Å². The van der Waals surface area contributed by atoms with Crippen LogP contribution in [0.1, 0.15) is 26.2 Å². The zero-order valence-corrected chi connectivity index (χ0v) is 11.1. The predicted octanol–water partition coefficient (Wildman–Crippen LogP) is 1.49. The summed E-state index contributed by atoms with van der Waals surface area (Å²) in [5, 5.41) is 2.75. The number of carbonyl (C=O) groups excluding carboxylic acids is 2. The molecule has 19 heavy (non-hydrogen) atoms. The lowest BCUT2D eigenvalue weighted by molar-refractivity contribution is -0.122. The van der Waals surface area contributed by atoms with E-state index in [0.717, 1.165) is 18.5 Å². The number of fused-ring (bicyclic) bond motifs is 1. The Morgan fingerprint density at radius 1 is 1.47 bits per heavy atom. The van der Waals surface area contributed by atoms with Gasteiger partial charge in [-0.3, -0.25) is 14.5 Å². The van der Waals surface area contributed by atoms with Gasteiger partial charge in [0.15, 0.2) is 0 Å². The van der Waals surface area contributed by atoms with Gasteiger partial charge in [0.25, 0.3) is 0 Å². The highest BCUT2D eigenvalue weighted by atomic mass is 16.2. The summed E-state index contributed by atoms with van der Waals surface area (Å²) in [7, 11) is 0. The SMILES string of the molecule is CCCC[C@H](N)C(=O)N1CC(=O)Nc2ccccc21. The summed E-state index contributed by atoms with van der Waals surface area (Å²) in [4.78, 5) is 25.4. The van der Waals surface area contributed by atoms with Crippen LogP contribution in [-0.2, 0) is 9.59 Å². The second-order valence-electron chi connectivity index (χ2n) is 4.74. The van der Waals surface area contributed by atoms with Gasteiger partial charge < -0.3 is 11.1 Å². The number of unbranched alkanes of at least 4 members (excludes halogenated alkanes) is 1. The van der Waals surface area contributed by atoms with Gasteiger partial charge in [-0.05, 0) is 18.6 Å². The van der Waals surface area contributed by atoms with E-state index >= 15 is 0 Å². The molecule has 2 amide bonds. The van der Waals surface area contributed by atoms with Crippen LogP contribution in [0.25, 0.3) is 0 Å². The Labute approximate surface area is 112 Å². The van der Waals surface area contributed by atoms with E-state index in [1.807, 2.05) is 18.2 Å². The van der Waals surface area contributed by atoms with E-state index in [9.17, 15) is 9.59 Å². The van der Waals surface area contributed by atoms with Crippen LogP contribution in [-0.4, -0.2) is 24.4 Å². The molecule has 1 aromatic rings. The summed E-state index contributed by atoms with van der Waals surface area (Å²) in [5.74, 6) is -0.370. The van der Waals surface area contributed by atoms with Gasteiger partial charge in [-0.15, -0.1) is 0 Å². The molecule has 2 rings (SSSR count). The van der Waals surface area contributed by atoms with E-state index in [1.165, 1.54) is 4.90 Å². The molecule has 1 aliphatic rings. The minimum atomic E-state index is -0.543. The Hall–Kier alpha value is -1.88. The lowest BCUT2D eigenvalue weighted by Crippen LogP contribution is -2.49. The highest BCUT2D eigenvalue weighted by Gasteiger charge is 2.29. The normalized spacial score (nSPS) is 15.7. The largest absolute Gasteiger partial charge is 0.323 e. The van der Waals surface area contributed by atoms with Crippen LogP contribution in [0.2, 0.25) is 0 Å². The maximum atomic E-state index is 12.3. The van der Waals surface area contributed by atoms with Crippen molar-refractivity contribution in [1.82, 2.24) is 0 Å². The first kappa shape index (κ1) is 13.5. The van der Waals surface area contributed by atoms with Gasteiger partial charge in [0.1, 0.15) is 6.54 Å². The van der Waals surface area contributed by atoms with Crippen molar-refractivity contribution in [3.05, 3.63) is 24.3 Å². The summed E-state index contributed by atoms with van der Waals surface area (Å²) in [6.07, 6.45) is 2.56. The second-order valence-corrected chi connectivity index (χ2v) is 4.74. The zero-order chi connectivity index (χ0) is 13.8. The van der Waals surface area contributed by atoms with Gasteiger partial charge >= 0.3 is 0 Å². The summed E-state index contributed by atoms with van der Waals surface area (Å²) in [6.45, 7) is 2.09. The van der Waals surface area contributed by atoms with Crippen LogP contribution in [0.5, 0.6) is 0 Å². The van der Waals surface area contributed by atoms with E-state index in [-0.39, 0.29) is 18.4 Å². The summed E-state index contributed by atoms with van der Waals surface area (Å²) in [6, 6.07) is 6.72. The number of nitrogens with two attached hydrogens (primary N) is 1. The molecule has 0 aliphatic carbocycles. The molecule has 1 aromatic carbocycles. The fourth-order valence-electron chi connectivity index (χ4n) is 2.18. The zero-order valence-electron chi connectivity index (χ0n) is 11.1. The highest BCUT2D eigenvalue weighted by Crippen LogP contribution is 2.29. The lowest BCUT2D eigenvalue weighted by Gasteiger charge is -2.30. The van der Waals surface area contributed by atoms with Crippen molar-refractivity contribution in [3.8, 4) is 0 Å². The maximum absolute atomic E-state index is 12.3. The number of hydrogen-bond donors (Lipinski definition) is 2. The Kier molecular flexibility index (Phi) is 4.16. The van der Waals surface area contributed by atoms with E-state index in [4.69, 9.17) is 5.73 Å². The molecule has 0 fully saturated rings. The minimum absolute atomic E-state index is 0.0374. The Morgan fingerprint density at radius 3 is 2.95 bits per heavy atom. The molecule has 102 valence electrons. The molecule has 0 saturated carbocycles. The Bertz CT molecular complexity index is 487. The molecule has 1 aliphatic heterocycles. The molecule has 0 saturated heterocycles. The molecule has 5 nitrogen and oxygen atoms in total. The maximum Gasteiger partial charge on any atom is 0.244 e. The van der Waals surface area contributed by atoms with Crippen molar-refractivity contribution in [3.63, 3.8) is 0 Å². The third-order valence-corrected chi connectivity index (χ3v) is 3.22. The smallest absolute Gasteiger partial charge is 0.244 e. The first-order valence-electron chi connectivity index (χ1n) is 6.59. The van der Waals surface area contributed by atoms with Crippen molar-refractivity contribution in [2.45, 2.75) is 32.2 Å². The lowest BCUT2D eigenvalue weighted by atomic mass is 10.1. The van der Waals surface area contributed by atoms with Crippen molar-refractivity contribution >= 4 is 23.2 Å². The van der Waals surface area contributed by atoms with Gasteiger partial charge in [0.05, 0.1) is 17.4 Å². The third kappa shape index (κ3) is 2.93. The number of benzene rings is 1. The van der Waals surface area contributed by atoms with Crippen molar-refractivity contribution in [2.75, 3.05) is 16.8 Å². The van der Waals surface area contributed by atoms with Crippen LogP contribution in [0.15, 0.2) is 24.3 Å². The number of anilines is 2. The average molecular weight is 261 g/mol. The topological polar surface area (TPSA) is 75.4 Å². The molecule has 1 atom stereocenters. The van der Waals surface area contributed by atoms with Gasteiger partial charge in [-0.2, -0.15) is 0 Å². The van der Waals surface area contributed by atoms with Gasteiger partial charge in [0, 0.05) is 0 Å². The third-order valence-electron chi connectivity index (χ3n) is 3.22. The van der Waals surface area contributed by atoms with Crippen LogP contribution < -0.4 is 16.0 Å². The molecule has 5 heteroatoms. The fourth-order valence-corrected chi connectivity index (χ4v) is 2.18. The first-order chi connectivity index (χ1) is 9.13. The molecule has 3 N–H and O–H groups in total. The molecule has 0 unspecified atom stereocenters. The molecule has 0 bridgehead atoms. The second kappa shape index (κ2) is 5.84. The predicted molar refractivity (Wildman–Crippen MR) is 74.9 cm³/mol. The van der Waals surface area contributed by atoms with E-state index in [1.54, 1.807) is 6.07 Å². The number of para-hydroxylation sites is 2. The minimum Gasteiger partial charge on any atom is -0.323 e. The molecule has 1 heterocycles. The Morgan fingerprint density at radius 2 is 2.21 bits per heavy atom. The summed E-state index contributed by atoms with van der Waals surface area (Å²) in [5.41, 5.74) is 7.30. The Balaban J connectivity index is 2.20. The fraction of sp³-hybridized carbons (Fsp3) is 0.429. The van der Waals surface area contributed by atoms with E-state index in [2.05, 4.69) is 12.2 Å². The van der Waals surface area contributed by atoms with Crippen LogP contribution in [0.4, 0.5) is 11.4 Å². The number of hydrogen-bond acceptors (Lipinski definition) is 3. The van der Waals surface area contributed by atoms with Crippen LogP contribution in [0, 0.1) is 0 Å². The van der Waals surface area contributed by atoms with E-state index < -0.39 is 6.04 Å². The molecule has 0 aromatic heterocycles. The van der Waals surface area contributed by atoms with Gasteiger partial charge in [0.2, 0.25) is 11.8 Å². The van der Waals surface area contributed by atoms with Crippen molar-refractivity contribution in [2.24, 2.45) is 5.73 Å². The number of nitrogens with one attached hydrogen (secondary N) is 1. The number of rotatable bonds is 4. The summed E-state index contributed by atoms with van der Waals surface area (Å²) >= 11 is 0. The van der Waals surface area contributed by atoms with Crippen LogP contribution in [0.3, 0.4) is 0 Å². The average Bonchev–Trinajstić information content (AvgIpc) is 2.42. The number of carbonyl (C=O) groups is 2. The number of amides is 2. The molecular formula is C14H19N3O2. The molecular weight excluding hydrogens is 242 g/mol. The van der Waals surface area contributed by atoms with Gasteiger partial charge in [-0.1, -0.05) is 31.9 Å². The monoisotopic (exact) mass is 261 g/mol. The quantitative estimate of drug-likeness (QED) is 0.862. The number of nitrogens with zero attached hydrogens (tertiary/aromatic N) is 1. The first-order valence-corrected chi connectivity index (χ1v) is 6.59. The van der Waals surface area contributed by atoms with Crippen LogP contribution >= 0.6 is 0 Å². The summed E-state index contributed by atoms with van der Waals surface area (Å²) < 4.78 is 0. The molecule has 0 spiro atoms. The molecule has 0 radical (unpaired) electrons. The van der Waals surface area contributed by atoms with Crippen molar-refractivity contribution in [1.29, 1.82) is 0 Å².